The molecule has 2 rings (SSSR count). The van der Waals surface area contributed by atoms with E-state index in [4.69, 9.17) is 32.7 Å². The third-order valence-corrected chi connectivity index (χ3v) is 4.16. The first kappa shape index (κ1) is 15.5. The van der Waals surface area contributed by atoms with E-state index in [-0.39, 0.29) is 0 Å². The third kappa shape index (κ3) is 3.81. The lowest BCUT2D eigenvalue weighted by Crippen LogP contribution is -1.98. The van der Waals surface area contributed by atoms with Gasteiger partial charge < -0.3 is 9.47 Å². The van der Waals surface area contributed by atoms with Crippen LogP contribution in [-0.2, 0) is 12.5 Å². The van der Waals surface area contributed by atoms with E-state index < -0.39 is 0 Å². The zero-order chi connectivity index (χ0) is 14.5. The Kier molecular flexibility index (Phi) is 5.58. The summed E-state index contributed by atoms with van der Waals surface area (Å²) in [6, 6.07) is 11.3. The summed E-state index contributed by atoms with van der Waals surface area (Å²) >= 11 is 15.4. The van der Waals surface area contributed by atoms with Gasteiger partial charge in [-0.1, -0.05) is 33.6 Å². The minimum Gasteiger partial charge on any atom is -0.497 e. The van der Waals surface area contributed by atoms with E-state index in [1.54, 1.807) is 7.11 Å². The molecule has 0 spiro atoms. The molecule has 106 valence electrons. The molecule has 0 heterocycles. The standard InChI is InChI=1S/C15H13BrCl2O2/c1-19-12-3-4-13(16)11(7-12)9-20-15-5-2-10(8-17)6-14(15)18/h2-7H,8-9H2,1H3. The van der Waals surface area contributed by atoms with Crippen LogP contribution in [0, 0.1) is 0 Å². The van der Waals surface area contributed by atoms with Gasteiger partial charge in [0.05, 0.1) is 12.1 Å². The van der Waals surface area contributed by atoms with Crippen LogP contribution in [0.3, 0.4) is 0 Å². The molecule has 2 nitrogen and oxygen atoms in total. The summed E-state index contributed by atoms with van der Waals surface area (Å²) in [6.45, 7) is 0.401. The quantitative estimate of drug-likeness (QED) is 0.648. The summed E-state index contributed by atoms with van der Waals surface area (Å²) in [5.41, 5.74) is 1.95. The van der Waals surface area contributed by atoms with Crippen molar-refractivity contribution in [1.82, 2.24) is 0 Å². The Morgan fingerprint density at radius 2 is 1.95 bits per heavy atom. The van der Waals surface area contributed by atoms with Crippen molar-refractivity contribution in [2.75, 3.05) is 7.11 Å². The molecule has 0 aliphatic rings. The van der Waals surface area contributed by atoms with Crippen molar-refractivity contribution in [2.45, 2.75) is 12.5 Å². The second-order valence-electron chi connectivity index (χ2n) is 4.14. The van der Waals surface area contributed by atoms with Crippen LogP contribution in [0.5, 0.6) is 11.5 Å². The first-order valence-electron chi connectivity index (χ1n) is 5.93. The highest BCUT2D eigenvalue weighted by Crippen LogP contribution is 2.29. The minimum atomic E-state index is 0.401. The van der Waals surface area contributed by atoms with Crippen LogP contribution in [0.1, 0.15) is 11.1 Å². The number of hydrogen-bond donors (Lipinski definition) is 0. The van der Waals surface area contributed by atoms with Gasteiger partial charge in [0, 0.05) is 15.9 Å². The lowest BCUT2D eigenvalue weighted by Gasteiger charge is -2.11. The fraction of sp³-hybridized carbons (Fsp3) is 0.200. The predicted octanol–water partition coefficient (Wildman–Crippen LogP) is 5.43. The fourth-order valence-corrected chi connectivity index (χ4v) is 2.47. The highest BCUT2D eigenvalue weighted by atomic mass is 79.9. The van der Waals surface area contributed by atoms with E-state index in [2.05, 4.69) is 15.9 Å². The van der Waals surface area contributed by atoms with Crippen molar-refractivity contribution in [3.05, 3.63) is 57.0 Å². The van der Waals surface area contributed by atoms with E-state index in [1.165, 1.54) is 0 Å². The van der Waals surface area contributed by atoms with Gasteiger partial charge >= 0.3 is 0 Å². The van der Waals surface area contributed by atoms with Crippen molar-refractivity contribution in [2.24, 2.45) is 0 Å². The van der Waals surface area contributed by atoms with Crippen molar-refractivity contribution in [1.29, 1.82) is 0 Å². The minimum absolute atomic E-state index is 0.401. The molecule has 0 atom stereocenters. The number of ether oxygens (including phenoxy) is 2. The molecule has 5 heteroatoms. The monoisotopic (exact) mass is 374 g/mol. The number of halogens is 3. The molecular formula is C15H13BrCl2O2. The average molecular weight is 376 g/mol. The average Bonchev–Trinajstić information content (AvgIpc) is 2.47. The van der Waals surface area contributed by atoms with Crippen LogP contribution >= 0.6 is 39.1 Å². The van der Waals surface area contributed by atoms with E-state index >= 15 is 0 Å². The molecular weight excluding hydrogens is 363 g/mol. The maximum absolute atomic E-state index is 6.15. The normalized spacial score (nSPS) is 10.4. The summed E-state index contributed by atoms with van der Waals surface area (Å²) in [6.07, 6.45) is 0. The van der Waals surface area contributed by atoms with Crippen LogP contribution in [0.4, 0.5) is 0 Å². The van der Waals surface area contributed by atoms with Gasteiger partial charge in [-0.3, -0.25) is 0 Å². The Morgan fingerprint density at radius 1 is 1.15 bits per heavy atom. The number of methoxy groups -OCH3 is 1. The van der Waals surface area contributed by atoms with Gasteiger partial charge in [0.25, 0.3) is 0 Å². The molecule has 20 heavy (non-hydrogen) atoms. The first-order chi connectivity index (χ1) is 9.63. The Morgan fingerprint density at radius 3 is 2.60 bits per heavy atom. The lowest BCUT2D eigenvalue weighted by molar-refractivity contribution is 0.304. The van der Waals surface area contributed by atoms with Gasteiger partial charge in [-0.15, -0.1) is 11.6 Å². The van der Waals surface area contributed by atoms with Gasteiger partial charge in [0.1, 0.15) is 18.1 Å². The molecule has 0 saturated carbocycles. The summed E-state index contributed by atoms with van der Waals surface area (Å²) in [7, 11) is 1.63. The number of alkyl halides is 1. The van der Waals surface area contributed by atoms with Crippen molar-refractivity contribution in [3.63, 3.8) is 0 Å². The van der Waals surface area contributed by atoms with Gasteiger partial charge in [-0.05, 0) is 35.9 Å². The lowest BCUT2D eigenvalue weighted by atomic mass is 10.2. The summed E-state index contributed by atoms with van der Waals surface area (Å²) in [5, 5.41) is 0.558. The van der Waals surface area contributed by atoms with Crippen molar-refractivity contribution in [3.8, 4) is 11.5 Å². The van der Waals surface area contributed by atoms with Gasteiger partial charge in [0.2, 0.25) is 0 Å². The molecule has 0 aromatic heterocycles. The van der Waals surface area contributed by atoms with Crippen LogP contribution in [-0.4, -0.2) is 7.11 Å². The fourth-order valence-electron chi connectivity index (χ4n) is 1.69. The highest BCUT2D eigenvalue weighted by molar-refractivity contribution is 9.10. The summed E-state index contributed by atoms with van der Waals surface area (Å²) < 4.78 is 11.9. The Hall–Kier alpha value is -0.900. The first-order valence-corrected chi connectivity index (χ1v) is 7.64. The third-order valence-electron chi connectivity index (χ3n) is 2.79. The van der Waals surface area contributed by atoms with E-state index in [0.29, 0.717) is 23.3 Å². The molecule has 0 radical (unpaired) electrons. The summed E-state index contributed by atoms with van der Waals surface area (Å²) in [4.78, 5) is 0. The van der Waals surface area contributed by atoms with Gasteiger partial charge in [-0.25, -0.2) is 0 Å². The Labute approximate surface area is 136 Å². The molecule has 0 aliphatic carbocycles. The molecule has 0 unspecified atom stereocenters. The van der Waals surface area contributed by atoms with E-state index in [0.717, 1.165) is 21.3 Å². The molecule has 0 aliphatic heterocycles. The van der Waals surface area contributed by atoms with Crippen LogP contribution < -0.4 is 9.47 Å². The van der Waals surface area contributed by atoms with Gasteiger partial charge in [-0.2, -0.15) is 0 Å². The highest BCUT2D eigenvalue weighted by Gasteiger charge is 2.06. The van der Waals surface area contributed by atoms with Crippen molar-refractivity contribution < 1.29 is 9.47 Å². The molecule has 0 bridgehead atoms. The molecule has 0 N–H and O–H groups in total. The van der Waals surface area contributed by atoms with Crippen molar-refractivity contribution >= 4 is 39.1 Å². The van der Waals surface area contributed by atoms with Crippen LogP contribution in [0.25, 0.3) is 0 Å². The van der Waals surface area contributed by atoms with E-state index in [1.807, 2.05) is 36.4 Å². The molecule has 0 amide bonds. The van der Waals surface area contributed by atoms with E-state index in [9.17, 15) is 0 Å². The topological polar surface area (TPSA) is 18.5 Å². The molecule has 0 fully saturated rings. The molecule has 0 saturated heterocycles. The Balaban J connectivity index is 2.12. The largest absolute Gasteiger partial charge is 0.497 e. The SMILES string of the molecule is COc1ccc(Br)c(COc2ccc(CCl)cc2Cl)c1. The number of rotatable bonds is 5. The second-order valence-corrected chi connectivity index (χ2v) is 5.67. The zero-order valence-corrected chi connectivity index (χ0v) is 13.9. The maximum atomic E-state index is 6.15. The Bertz CT molecular complexity index is 602. The predicted molar refractivity (Wildman–Crippen MR) is 86.0 cm³/mol. The summed E-state index contributed by atoms with van der Waals surface area (Å²) in [5.74, 6) is 1.85. The maximum Gasteiger partial charge on any atom is 0.138 e. The number of benzene rings is 2. The zero-order valence-electron chi connectivity index (χ0n) is 10.8. The number of hydrogen-bond acceptors (Lipinski definition) is 2. The smallest absolute Gasteiger partial charge is 0.138 e. The van der Waals surface area contributed by atoms with Gasteiger partial charge in [0.15, 0.2) is 0 Å². The molecule has 2 aromatic rings. The van der Waals surface area contributed by atoms with Crippen LogP contribution in [0.15, 0.2) is 40.9 Å². The second kappa shape index (κ2) is 7.21. The molecule has 2 aromatic carbocycles. The van der Waals surface area contributed by atoms with Crippen LogP contribution in [0.2, 0.25) is 5.02 Å².